The maximum absolute atomic E-state index is 10.8. The molecule has 0 unspecified atom stereocenters. The fraction of sp³-hybridized carbons (Fsp3) is 0.0952. The molecule has 0 aliphatic carbocycles. The number of rotatable bonds is 6. The number of ether oxygens (including phenoxy) is 1. The first-order valence-corrected chi connectivity index (χ1v) is 8.27. The molecule has 3 aromatic rings. The molecule has 126 valence electrons. The SMILES string of the molecule is O=C(O)Cc1ccc(-c2cccc(OCc3ccccc3)c2)cc1Cl. The van der Waals surface area contributed by atoms with Crippen molar-refractivity contribution < 1.29 is 14.6 Å². The summed E-state index contributed by atoms with van der Waals surface area (Å²) in [5.74, 6) is -0.127. The van der Waals surface area contributed by atoms with Crippen molar-refractivity contribution in [3.63, 3.8) is 0 Å². The Morgan fingerprint density at radius 1 is 0.920 bits per heavy atom. The molecule has 0 aromatic heterocycles. The van der Waals surface area contributed by atoms with Gasteiger partial charge in [-0.15, -0.1) is 0 Å². The van der Waals surface area contributed by atoms with Gasteiger partial charge in [0.05, 0.1) is 6.42 Å². The van der Waals surface area contributed by atoms with Crippen molar-refractivity contribution in [3.05, 3.63) is 88.9 Å². The topological polar surface area (TPSA) is 46.5 Å². The fourth-order valence-corrected chi connectivity index (χ4v) is 2.79. The van der Waals surface area contributed by atoms with E-state index in [1.165, 1.54) is 0 Å². The summed E-state index contributed by atoms with van der Waals surface area (Å²) in [6, 6.07) is 23.1. The van der Waals surface area contributed by atoms with Crippen LogP contribution in [0.5, 0.6) is 5.75 Å². The molecule has 0 radical (unpaired) electrons. The van der Waals surface area contributed by atoms with Crippen LogP contribution in [-0.4, -0.2) is 11.1 Å². The Morgan fingerprint density at radius 3 is 2.40 bits per heavy atom. The molecule has 0 saturated heterocycles. The molecule has 25 heavy (non-hydrogen) atoms. The zero-order valence-corrected chi connectivity index (χ0v) is 14.2. The van der Waals surface area contributed by atoms with Crippen molar-refractivity contribution in [2.75, 3.05) is 0 Å². The normalized spacial score (nSPS) is 10.4. The third-order valence-corrected chi connectivity index (χ3v) is 4.16. The Morgan fingerprint density at radius 2 is 1.68 bits per heavy atom. The summed E-state index contributed by atoms with van der Waals surface area (Å²) < 4.78 is 5.85. The molecule has 0 fully saturated rings. The van der Waals surface area contributed by atoms with E-state index in [0.717, 1.165) is 22.4 Å². The predicted octanol–water partition coefficient (Wildman–Crippen LogP) is 5.21. The summed E-state index contributed by atoms with van der Waals surface area (Å²) >= 11 is 6.21. The van der Waals surface area contributed by atoms with Crippen molar-refractivity contribution in [2.45, 2.75) is 13.0 Å². The van der Waals surface area contributed by atoms with Gasteiger partial charge in [-0.3, -0.25) is 4.79 Å². The number of aliphatic carboxylic acids is 1. The third kappa shape index (κ3) is 4.61. The smallest absolute Gasteiger partial charge is 0.307 e. The van der Waals surface area contributed by atoms with Crippen LogP contribution >= 0.6 is 11.6 Å². The van der Waals surface area contributed by atoms with Gasteiger partial charge in [-0.05, 0) is 40.5 Å². The average Bonchev–Trinajstić information content (AvgIpc) is 2.62. The lowest BCUT2D eigenvalue weighted by Gasteiger charge is -2.10. The molecule has 0 heterocycles. The zero-order chi connectivity index (χ0) is 17.6. The molecular weight excluding hydrogens is 336 g/mol. The van der Waals surface area contributed by atoms with Gasteiger partial charge in [0.25, 0.3) is 0 Å². The molecule has 1 N–H and O–H groups in total. The monoisotopic (exact) mass is 352 g/mol. The summed E-state index contributed by atoms with van der Waals surface area (Å²) in [5, 5.41) is 9.35. The Labute approximate surface area is 151 Å². The second-order valence-electron chi connectivity index (χ2n) is 5.68. The van der Waals surface area contributed by atoms with Crippen LogP contribution in [0.3, 0.4) is 0 Å². The van der Waals surface area contributed by atoms with Gasteiger partial charge in [0.1, 0.15) is 12.4 Å². The van der Waals surface area contributed by atoms with Crippen molar-refractivity contribution in [1.82, 2.24) is 0 Å². The standard InChI is InChI=1S/C21H17ClO3/c22-20-12-17(9-10-18(20)13-21(23)24)16-7-4-8-19(11-16)25-14-15-5-2-1-3-6-15/h1-12H,13-14H2,(H,23,24). The highest BCUT2D eigenvalue weighted by Gasteiger charge is 2.08. The Bertz CT molecular complexity index is 875. The number of carbonyl (C=O) groups is 1. The fourth-order valence-electron chi connectivity index (χ4n) is 2.54. The highest BCUT2D eigenvalue weighted by molar-refractivity contribution is 6.31. The van der Waals surface area contributed by atoms with E-state index in [-0.39, 0.29) is 6.42 Å². The van der Waals surface area contributed by atoms with Crippen LogP contribution in [0.1, 0.15) is 11.1 Å². The number of benzene rings is 3. The number of halogens is 1. The maximum atomic E-state index is 10.8. The number of carboxylic acid groups (broad SMARTS) is 1. The van der Waals surface area contributed by atoms with Crippen LogP contribution in [0.25, 0.3) is 11.1 Å². The lowest BCUT2D eigenvalue weighted by molar-refractivity contribution is -0.136. The van der Waals surface area contributed by atoms with Crippen LogP contribution < -0.4 is 4.74 Å². The van der Waals surface area contributed by atoms with E-state index in [1.807, 2.05) is 60.7 Å². The van der Waals surface area contributed by atoms with Crippen LogP contribution in [0, 0.1) is 0 Å². The van der Waals surface area contributed by atoms with Crippen LogP contribution in [0.2, 0.25) is 5.02 Å². The van der Waals surface area contributed by atoms with Crippen molar-refractivity contribution in [1.29, 1.82) is 0 Å². The first-order valence-electron chi connectivity index (χ1n) is 7.89. The molecule has 0 spiro atoms. The van der Waals surface area contributed by atoms with E-state index < -0.39 is 5.97 Å². The van der Waals surface area contributed by atoms with Crippen LogP contribution in [0.4, 0.5) is 0 Å². The van der Waals surface area contributed by atoms with Gasteiger partial charge in [-0.2, -0.15) is 0 Å². The van der Waals surface area contributed by atoms with E-state index in [1.54, 1.807) is 12.1 Å². The third-order valence-electron chi connectivity index (χ3n) is 3.81. The number of carboxylic acids is 1. The van der Waals surface area contributed by atoms with Gasteiger partial charge in [-0.25, -0.2) is 0 Å². The largest absolute Gasteiger partial charge is 0.489 e. The van der Waals surface area contributed by atoms with E-state index in [0.29, 0.717) is 17.2 Å². The summed E-state index contributed by atoms with van der Waals surface area (Å²) in [6.07, 6.45) is -0.0840. The molecular formula is C21H17ClO3. The highest BCUT2D eigenvalue weighted by atomic mass is 35.5. The molecule has 0 aliphatic rings. The van der Waals surface area contributed by atoms with Crippen LogP contribution in [0.15, 0.2) is 72.8 Å². The highest BCUT2D eigenvalue weighted by Crippen LogP contribution is 2.28. The average molecular weight is 353 g/mol. The Hall–Kier alpha value is -2.78. The van der Waals surface area contributed by atoms with Gasteiger partial charge < -0.3 is 9.84 Å². The Kier molecular flexibility index (Phi) is 5.36. The lowest BCUT2D eigenvalue weighted by Crippen LogP contribution is -2.00. The van der Waals surface area contributed by atoms with Gasteiger partial charge in [0.2, 0.25) is 0 Å². The van der Waals surface area contributed by atoms with Crippen LogP contribution in [-0.2, 0) is 17.8 Å². The maximum Gasteiger partial charge on any atom is 0.307 e. The zero-order valence-electron chi connectivity index (χ0n) is 13.5. The van der Waals surface area contributed by atoms with Gasteiger partial charge >= 0.3 is 5.97 Å². The molecule has 3 nitrogen and oxygen atoms in total. The molecule has 0 atom stereocenters. The Balaban J connectivity index is 1.77. The van der Waals surface area contributed by atoms with E-state index >= 15 is 0 Å². The van der Waals surface area contributed by atoms with E-state index in [9.17, 15) is 4.79 Å². The van der Waals surface area contributed by atoms with E-state index in [2.05, 4.69) is 0 Å². The summed E-state index contributed by atoms with van der Waals surface area (Å²) in [4.78, 5) is 10.8. The molecule has 3 aromatic carbocycles. The second kappa shape index (κ2) is 7.86. The minimum absolute atomic E-state index is 0.0840. The molecule has 0 aliphatic heterocycles. The predicted molar refractivity (Wildman–Crippen MR) is 99.0 cm³/mol. The first kappa shape index (κ1) is 17.1. The summed E-state index contributed by atoms with van der Waals surface area (Å²) in [6.45, 7) is 0.503. The van der Waals surface area contributed by atoms with Gasteiger partial charge in [0.15, 0.2) is 0 Å². The van der Waals surface area contributed by atoms with Crippen molar-refractivity contribution in [3.8, 4) is 16.9 Å². The minimum Gasteiger partial charge on any atom is -0.489 e. The number of hydrogen-bond acceptors (Lipinski definition) is 2. The second-order valence-corrected chi connectivity index (χ2v) is 6.09. The van der Waals surface area contributed by atoms with Crippen molar-refractivity contribution in [2.24, 2.45) is 0 Å². The van der Waals surface area contributed by atoms with E-state index in [4.69, 9.17) is 21.4 Å². The first-order chi connectivity index (χ1) is 12.1. The lowest BCUT2D eigenvalue weighted by atomic mass is 10.0. The molecule has 4 heteroatoms. The van der Waals surface area contributed by atoms with Gasteiger partial charge in [-0.1, -0.05) is 66.2 Å². The quantitative estimate of drug-likeness (QED) is 0.662. The van der Waals surface area contributed by atoms with Crippen molar-refractivity contribution >= 4 is 17.6 Å². The molecule has 3 rings (SSSR count). The van der Waals surface area contributed by atoms with Gasteiger partial charge in [0, 0.05) is 5.02 Å². The minimum atomic E-state index is -0.897. The summed E-state index contributed by atoms with van der Waals surface area (Å²) in [7, 11) is 0. The molecule has 0 amide bonds. The summed E-state index contributed by atoms with van der Waals surface area (Å²) in [5.41, 5.74) is 3.60. The molecule has 0 saturated carbocycles. The number of hydrogen-bond donors (Lipinski definition) is 1. The molecule has 0 bridgehead atoms.